The second-order valence-corrected chi connectivity index (χ2v) is 30.0. The van der Waals surface area contributed by atoms with Gasteiger partial charge in [-0.25, -0.2) is 29.7 Å². The molecule has 101 heavy (non-hydrogen) atoms. The molecule has 0 atom stereocenters. The van der Waals surface area contributed by atoms with Gasteiger partial charge in [-0.15, -0.1) is 45.3 Å². The molecular weight excluding hydrogens is 1330 g/mol. The monoisotopic (exact) mass is 1410 g/mol. The zero-order chi connectivity index (χ0) is 72.0. The van der Waals surface area contributed by atoms with Gasteiger partial charge in [0.1, 0.15) is 20.0 Å². The summed E-state index contributed by atoms with van der Waals surface area (Å²) < 4.78 is 5.06. The highest BCUT2D eigenvalue weighted by molar-refractivity contribution is 7.24. The van der Waals surface area contributed by atoms with Crippen molar-refractivity contribution in [2.75, 3.05) is 30.9 Å². The normalized spacial score (nSPS) is 12.3. The number of thiazole rings is 4. The lowest BCUT2D eigenvalue weighted by Gasteiger charge is -2.13. The summed E-state index contributed by atoms with van der Waals surface area (Å²) in [6.07, 6.45) is 0. The van der Waals surface area contributed by atoms with Crippen molar-refractivity contribution in [1.29, 1.82) is 0 Å². The highest BCUT2D eigenvalue weighted by Crippen LogP contribution is 2.45. The zero-order valence-corrected chi connectivity index (χ0v) is 62.2. The molecule has 0 N–H and O–H groups in total. The minimum Gasteiger partial charge on any atom is -0.312 e. The van der Waals surface area contributed by atoms with Crippen LogP contribution in [0.2, 0.25) is 0 Å². The maximum absolute atomic E-state index is 12.6. The van der Waals surface area contributed by atoms with E-state index in [4.69, 9.17) is 19.9 Å². The summed E-state index contributed by atoms with van der Waals surface area (Å²) in [7, 11) is 6.00. The second kappa shape index (κ2) is 28.9. The summed E-state index contributed by atoms with van der Waals surface area (Å²) in [6.45, 7) is 24.5. The van der Waals surface area contributed by atoms with Crippen LogP contribution in [0.3, 0.4) is 0 Å². The third-order valence-electron chi connectivity index (χ3n) is 17.7. The highest BCUT2D eigenvalue weighted by Gasteiger charge is 2.40. The molecule has 0 fully saturated rings. The number of aryl methyl sites for hydroxylation is 12. The fraction of sp³-hybridized carbons (Fsp3) is 0.181. The predicted octanol–water partition coefficient (Wildman–Crippen LogP) is 21.2. The van der Waals surface area contributed by atoms with Crippen LogP contribution in [0.25, 0.3) is 83.2 Å². The number of fused-ring (bicyclic) bond motifs is 6. The topological polar surface area (TPSA) is 173 Å². The molecule has 6 heterocycles. The number of carbonyl (C=O) groups is 4. The first kappa shape index (κ1) is 70.3. The maximum Gasteiger partial charge on any atom is 0.269 e. The zero-order valence-electron chi connectivity index (χ0n) is 58.9. The van der Waals surface area contributed by atoms with Gasteiger partial charge in [0.15, 0.2) is 0 Å². The van der Waals surface area contributed by atoms with E-state index in [0.29, 0.717) is 33.6 Å². The molecule has 2 aliphatic rings. The highest BCUT2D eigenvalue weighted by atomic mass is 32.1. The molecule has 506 valence electrons. The van der Waals surface area contributed by atoms with E-state index in [2.05, 4.69) is 152 Å². The molecule has 0 unspecified atom stereocenters. The minimum absolute atomic E-state index is 0.0901. The lowest BCUT2D eigenvalue weighted by molar-refractivity contribution is -0.384. The SMILES string of the molecule is CN(C)C.Cc1ccc(-c2nc3c(C)c4nc(-c5ccc(C)cc5)sc4c(C)c3s2)cc1.Cc1ccc(-c2nc3c(C)c4sc(-c5ccc(C)cc5)nc4c(C)c3s2)cc1.Cc1ccc(C)c2c1C(=O)N(c1ccc([N+](=O)[O-])cc1)C2=O.Cc1ccc(C)c2c1C(=O)N(c1ccccc1)C2=O. The van der Waals surface area contributed by atoms with Crippen molar-refractivity contribution in [2.45, 2.75) is 83.1 Å². The number of rotatable bonds is 7. The Labute approximate surface area is 603 Å². The van der Waals surface area contributed by atoms with E-state index in [0.717, 1.165) is 69.3 Å². The van der Waals surface area contributed by atoms with Crippen LogP contribution in [0.4, 0.5) is 17.1 Å². The Bertz CT molecular complexity index is 4970. The lowest BCUT2D eigenvalue weighted by atomic mass is 9.99. The molecule has 14 nitrogen and oxygen atoms in total. The Hall–Kier alpha value is -10.6. The summed E-state index contributed by atoms with van der Waals surface area (Å²) in [5, 5.41) is 15.0. The summed E-state index contributed by atoms with van der Waals surface area (Å²) in [5.74, 6) is -1.25. The molecule has 0 saturated carbocycles. The molecule has 0 saturated heterocycles. The van der Waals surface area contributed by atoms with E-state index in [1.54, 1.807) is 83.5 Å². The molecule has 0 bridgehead atoms. The molecule has 2 aliphatic heterocycles. The number of imide groups is 2. The molecule has 0 aliphatic carbocycles. The van der Waals surface area contributed by atoms with Gasteiger partial charge < -0.3 is 4.90 Å². The summed E-state index contributed by atoms with van der Waals surface area (Å²) in [4.78, 5) is 84.6. The van der Waals surface area contributed by atoms with Crippen LogP contribution >= 0.6 is 45.3 Å². The van der Waals surface area contributed by atoms with Gasteiger partial charge in [-0.05, 0) is 167 Å². The molecule has 0 radical (unpaired) electrons. The molecular formula is C83H74N8O6S4. The van der Waals surface area contributed by atoms with E-state index in [1.165, 1.54) is 115 Å². The summed E-state index contributed by atoms with van der Waals surface area (Å²) in [6, 6.07) is 56.2. The van der Waals surface area contributed by atoms with Crippen LogP contribution < -0.4 is 9.80 Å². The van der Waals surface area contributed by atoms with Gasteiger partial charge in [-0.3, -0.25) is 29.3 Å². The first-order valence-corrected chi connectivity index (χ1v) is 36.1. The van der Waals surface area contributed by atoms with Gasteiger partial charge in [0.2, 0.25) is 0 Å². The minimum atomic E-state index is -0.527. The lowest BCUT2D eigenvalue weighted by Crippen LogP contribution is -2.29. The molecule has 18 heteroatoms. The smallest absolute Gasteiger partial charge is 0.269 e. The van der Waals surface area contributed by atoms with Crippen LogP contribution in [0.1, 0.15) is 108 Å². The van der Waals surface area contributed by atoms with Crippen molar-refractivity contribution in [3.8, 4) is 42.3 Å². The van der Waals surface area contributed by atoms with Crippen LogP contribution in [0.5, 0.6) is 0 Å². The van der Waals surface area contributed by atoms with Crippen LogP contribution in [-0.2, 0) is 0 Å². The van der Waals surface area contributed by atoms with Crippen molar-refractivity contribution < 1.29 is 24.1 Å². The van der Waals surface area contributed by atoms with E-state index in [9.17, 15) is 29.3 Å². The van der Waals surface area contributed by atoms with Gasteiger partial charge in [0, 0.05) is 39.9 Å². The largest absolute Gasteiger partial charge is 0.312 e. The number of nitrogens with zero attached hydrogens (tertiary/aromatic N) is 8. The van der Waals surface area contributed by atoms with Crippen molar-refractivity contribution in [3.05, 3.63) is 275 Å². The Morgan fingerprint density at radius 2 is 0.574 bits per heavy atom. The first-order chi connectivity index (χ1) is 48.3. The third-order valence-corrected chi connectivity index (χ3v) is 22.6. The van der Waals surface area contributed by atoms with Crippen LogP contribution in [0.15, 0.2) is 176 Å². The van der Waals surface area contributed by atoms with Crippen LogP contribution in [-0.4, -0.2) is 74.5 Å². The molecule has 16 rings (SSSR count). The van der Waals surface area contributed by atoms with E-state index >= 15 is 0 Å². The number of para-hydroxylation sites is 1. The van der Waals surface area contributed by atoms with Gasteiger partial charge in [-0.2, -0.15) is 0 Å². The molecule has 10 aromatic carbocycles. The summed E-state index contributed by atoms with van der Waals surface area (Å²) in [5.41, 5.74) is 25.1. The Morgan fingerprint density at radius 3 is 0.842 bits per heavy atom. The van der Waals surface area contributed by atoms with Gasteiger partial charge in [-0.1, -0.05) is 162 Å². The number of nitro benzene ring substituents is 1. The number of anilines is 2. The van der Waals surface area contributed by atoms with Crippen molar-refractivity contribution in [3.63, 3.8) is 0 Å². The van der Waals surface area contributed by atoms with Gasteiger partial charge in [0.25, 0.3) is 29.3 Å². The van der Waals surface area contributed by atoms with Crippen molar-refractivity contribution >= 4 is 127 Å². The molecule has 4 aromatic heterocycles. The van der Waals surface area contributed by atoms with Crippen molar-refractivity contribution in [1.82, 2.24) is 24.8 Å². The molecule has 4 amide bonds. The predicted molar refractivity (Wildman–Crippen MR) is 418 cm³/mol. The number of non-ortho nitro benzene ring substituents is 1. The quantitative estimate of drug-likeness (QED) is 0.0844. The first-order valence-electron chi connectivity index (χ1n) is 32.8. The van der Waals surface area contributed by atoms with E-state index in [-0.39, 0.29) is 17.5 Å². The fourth-order valence-corrected chi connectivity index (χ4v) is 16.7. The summed E-state index contributed by atoms with van der Waals surface area (Å²) >= 11 is 7.12. The number of aromatic nitrogens is 4. The third kappa shape index (κ3) is 13.9. The fourth-order valence-electron chi connectivity index (χ4n) is 12.1. The number of nitro groups is 1. The average molecular weight is 1410 g/mol. The Morgan fingerprint density at radius 1 is 0.327 bits per heavy atom. The number of benzene rings is 10. The van der Waals surface area contributed by atoms with E-state index < -0.39 is 16.7 Å². The molecule has 0 spiro atoms. The van der Waals surface area contributed by atoms with Crippen molar-refractivity contribution in [2.24, 2.45) is 0 Å². The maximum atomic E-state index is 12.6. The number of hydrogen-bond acceptors (Lipinski definition) is 15. The Kier molecular flexibility index (Phi) is 20.1. The number of amides is 4. The Balaban J connectivity index is 0.000000126. The molecule has 14 aromatic rings. The number of carbonyl (C=O) groups excluding carboxylic acids is 4. The standard InChI is InChI=1S/2C24H20N2S2.C16H12N2O4.C16H13NO2.C3H9N/c1-13-5-9-17(10-6-13)23-25-19-15(3)22-20(16(4)21(19)27-23)26-24(28-22)18-11-7-14(2)8-12-18;1-13-5-9-17(10-6-13)23-25-19-15(3)20-22(16(4)21(19)27-23)28-24(26-20)18-11-7-14(2)8-12-18;1-9-3-4-10(2)14-13(9)15(19)17(16(14)20)11-5-7-12(8-6-11)18(21)22;1-10-8-9-11(2)14-13(10)15(18)17(16(14)19)12-6-4-3-5-7-12;1-4(2)3/h2*5-12H,1-4H3;3-8H,1-2H3;3-9H,1-2H3;1-3H3. The number of hydrogen-bond donors (Lipinski definition) is 0. The van der Waals surface area contributed by atoms with Gasteiger partial charge >= 0.3 is 0 Å². The van der Waals surface area contributed by atoms with Crippen LogP contribution in [0, 0.1) is 93.2 Å². The second-order valence-electron chi connectivity index (χ2n) is 26.0. The average Bonchev–Trinajstić information content (AvgIpc) is 1.59. The van der Waals surface area contributed by atoms with Gasteiger partial charge in [0.05, 0.1) is 79.4 Å². The van der Waals surface area contributed by atoms with E-state index in [1.807, 2.05) is 70.2 Å².